The van der Waals surface area contributed by atoms with Crippen molar-refractivity contribution in [1.29, 1.82) is 0 Å². The van der Waals surface area contributed by atoms with Crippen LogP contribution in [-0.4, -0.2) is 83.5 Å². The highest BCUT2D eigenvalue weighted by Crippen LogP contribution is 2.50. The van der Waals surface area contributed by atoms with Crippen molar-refractivity contribution in [3.05, 3.63) is 45.6 Å². The summed E-state index contributed by atoms with van der Waals surface area (Å²) in [5.74, 6) is 1.06. The predicted molar refractivity (Wildman–Crippen MR) is 161 cm³/mol. The maximum atomic E-state index is 13.5. The number of anilines is 1. The van der Waals surface area contributed by atoms with Crippen molar-refractivity contribution in [2.24, 2.45) is 0 Å². The Balaban J connectivity index is 1.62. The van der Waals surface area contributed by atoms with Crippen molar-refractivity contribution >= 4 is 17.5 Å². The maximum absolute atomic E-state index is 13.5. The number of nitrogens with one attached hydrogen (secondary N) is 3. The van der Waals surface area contributed by atoms with Crippen molar-refractivity contribution in [3.63, 3.8) is 0 Å². The third kappa shape index (κ3) is 7.14. The molecule has 3 N–H and O–H groups in total. The number of nitrogens with zero attached hydrogens (tertiary/aromatic N) is 1. The summed E-state index contributed by atoms with van der Waals surface area (Å²) < 4.78 is 22.4. The summed E-state index contributed by atoms with van der Waals surface area (Å²) in [6.07, 6.45) is 2.00. The number of amides is 2. The van der Waals surface area contributed by atoms with Crippen molar-refractivity contribution < 1.29 is 28.5 Å². The highest BCUT2D eigenvalue weighted by Gasteiger charge is 2.29. The molecule has 1 fully saturated rings. The van der Waals surface area contributed by atoms with Crippen LogP contribution in [0.4, 0.5) is 5.69 Å². The van der Waals surface area contributed by atoms with Crippen LogP contribution >= 0.6 is 0 Å². The third-order valence-electron chi connectivity index (χ3n) is 7.74. The van der Waals surface area contributed by atoms with Crippen LogP contribution in [0.5, 0.6) is 17.2 Å². The quantitative estimate of drug-likeness (QED) is 0.343. The Morgan fingerprint density at radius 2 is 1.81 bits per heavy atom. The zero-order chi connectivity index (χ0) is 30.2. The van der Waals surface area contributed by atoms with Crippen LogP contribution in [0.25, 0.3) is 11.1 Å². The first kappa shape index (κ1) is 31.1. The molecule has 0 spiro atoms. The maximum Gasteiger partial charge on any atom is 0.242 e. The number of hydrogen-bond acceptors (Lipinski definition) is 9. The molecule has 0 radical (unpaired) electrons. The second-order valence-corrected chi connectivity index (χ2v) is 10.6. The number of methoxy groups -OCH3 is 3. The van der Waals surface area contributed by atoms with E-state index in [2.05, 4.69) is 20.9 Å². The topological polar surface area (TPSA) is 127 Å². The molecule has 42 heavy (non-hydrogen) atoms. The lowest BCUT2D eigenvalue weighted by Gasteiger charge is -2.26. The molecule has 2 aromatic rings. The molecular formula is C31H42N4O7. The standard InChI is InChI=1S/C31H42N4O7/c1-19(31(38)32-11-6-12-35-13-15-42-16-14-35)33-25-10-8-22-23(18-26(25)37)24(34-20(2)36)9-7-21-17-27(39-3)29(40-4)30(41-5)28(21)22/h8,10,17-19,24H,6-7,9,11-16H2,1-5H3,(H,32,38)(H,33,37)(H,34,36)/t19-,24-/m0/s1. The lowest BCUT2D eigenvalue weighted by Crippen LogP contribution is -2.41. The molecule has 228 valence electrons. The number of fused-ring (bicyclic) bond motifs is 3. The summed E-state index contributed by atoms with van der Waals surface area (Å²) >= 11 is 0. The molecular weight excluding hydrogens is 540 g/mol. The molecule has 0 saturated carbocycles. The van der Waals surface area contributed by atoms with E-state index >= 15 is 0 Å². The lowest BCUT2D eigenvalue weighted by atomic mass is 9.95. The summed E-state index contributed by atoms with van der Waals surface area (Å²) in [5.41, 5.74) is 3.09. The first-order chi connectivity index (χ1) is 20.3. The van der Waals surface area contributed by atoms with E-state index in [9.17, 15) is 14.4 Å². The van der Waals surface area contributed by atoms with Crippen LogP contribution in [0.15, 0.2) is 29.1 Å². The monoisotopic (exact) mass is 582 g/mol. The van der Waals surface area contributed by atoms with E-state index in [1.54, 1.807) is 34.3 Å². The Morgan fingerprint density at radius 1 is 1.07 bits per heavy atom. The van der Waals surface area contributed by atoms with Gasteiger partial charge in [-0.1, -0.05) is 6.07 Å². The Hall–Kier alpha value is -3.83. The van der Waals surface area contributed by atoms with Crippen LogP contribution in [0.1, 0.15) is 43.9 Å². The van der Waals surface area contributed by atoms with Crippen LogP contribution in [0.2, 0.25) is 0 Å². The average molecular weight is 583 g/mol. The highest BCUT2D eigenvalue weighted by atomic mass is 16.5. The van der Waals surface area contributed by atoms with E-state index in [1.165, 1.54) is 13.0 Å². The summed E-state index contributed by atoms with van der Waals surface area (Å²) in [4.78, 5) is 40.8. The minimum Gasteiger partial charge on any atom is -0.493 e. The zero-order valence-electron chi connectivity index (χ0n) is 25.1. The van der Waals surface area contributed by atoms with Crippen LogP contribution in [-0.2, 0) is 20.7 Å². The molecule has 11 nitrogen and oxygen atoms in total. The summed E-state index contributed by atoms with van der Waals surface area (Å²) in [6, 6.07) is 5.91. The third-order valence-corrected chi connectivity index (χ3v) is 7.74. The summed E-state index contributed by atoms with van der Waals surface area (Å²) in [7, 11) is 4.67. The van der Waals surface area contributed by atoms with E-state index in [0.717, 1.165) is 56.0 Å². The number of carbonyl (C=O) groups excluding carboxylic acids is 2. The Labute approximate surface area is 246 Å². The molecule has 1 saturated heterocycles. The zero-order valence-corrected chi connectivity index (χ0v) is 25.1. The number of hydrogen-bond donors (Lipinski definition) is 3. The Kier molecular flexibility index (Phi) is 10.6. The number of ether oxygens (including phenoxy) is 4. The number of carbonyl (C=O) groups is 2. The van der Waals surface area contributed by atoms with Crippen LogP contribution < -0.4 is 35.6 Å². The van der Waals surface area contributed by atoms with Gasteiger partial charge in [0.2, 0.25) is 23.0 Å². The van der Waals surface area contributed by atoms with E-state index in [1.807, 2.05) is 12.1 Å². The summed E-state index contributed by atoms with van der Waals surface area (Å²) in [5, 5.41) is 9.06. The van der Waals surface area contributed by atoms with Gasteiger partial charge in [-0.15, -0.1) is 0 Å². The van der Waals surface area contributed by atoms with Gasteiger partial charge in [-0.25, -0.2) is 0 Å². The van der Waals surface area contributed by atoms with Crippen LogP contribution in [0.3, 0.4) is 0 Å². The molecule has 1 aliphatic carbocycles. The van der Waals surface area contributed by atoms with E-state index < -0.39 is 12.1 Å². The van der Waals surface area contributed by atoms with Gasteiger partial charge in [-0.2, -0.15) is 0 Å². The van der Waals surface area contributed by atoms with Crippen molar-refractivity contribution in [2.45, 2.75) is 45.2 Å². The fourth-order valence-corrected chi connectivity index (χ4v) is 5.62. The number of benzene rings is 1. The van der Waals surface area contributed by atoms with Crippen molar-refractivity contribution in [2.75, 3.05) is 66.0 Å². The second-order valence-electron chi connectivity index (χ2n) is 10.6. The Bertz CT molecular complexity index is 1340. The molecule has 2 amide bonds. The van der Waals surface area contributed by atoms with Gasteiger partial charge in [-0.05, 0) is 67.6 Å². The molecule has 11 heteroatoms. The van der Waals surface area contributed by atoms with Crippen molar-refractivity contribution in [1.82, 2.24) is 15.5 Å². The van der Waals surface area contributed by atoms with Crippen LogP contribution in [0, 0.1) is 0 Å². The molecule has 2 aliphatic rings. The minimum atomic E-state index is -0.638. The predicted octanol–water partition coefficient (Wildman–Crippen LogP) is 2.50. The fraction of sp³-hybridized carbons (Fsp3) is 0.516. The van der Waals surface area contributed by atoms with Gasteiger partial charge in [0.1, 0.15) is 6.04 Å². The SMILES string of the molecule is COc1cc2c(c(OC)c1OC)-c1ccc(N[C@@H](C)C(=O)NCCCN3CCOCC3)c(=O)cc1[C@@H](NC(C)=O)CC2. The largest absolute Gasteiger partial charge is 0.493 e. The van der Waals surface area contributed by atoms with Crippen molar-refractivity contribution in [3.8, 4) is 28.4 Å². The van der Waals surface area contributed by atoms with Gasteiger partial charge < -0.3 is 34.9 Å². The Morgan fingerprint density at radius 3 is 2.48 bits per heavy atom. The molecule has 0 unspecified atom stereocenters. The smallest absolute Gasteiger partial charge is 0.242 e. The number of aryl methyl sites for hydroxylation is 1. The van der Waals surface area contributed by atoms with Gasteiger partial charge in [0.05, 0.1) is 46.3 Å². The molecule has 1 aliphatic heterocycles. The van der Waals surface area contributed by atoms with Gasteiger partial charge in [0.25, 0.3) is 0 Å². The van der Waals surface area contributed by atoms with Gasteiger partial charge in [-0.3, -0.25) is 19.3 Å². The number of morpholine rings is 1. The molecule has 2 aromatic carbocycles. The first-order valence-electron chi connectivity index (χ1n) is 14.4. The number of rotatable bonds is 11. The molecule has 2 atom stereocenters. The molecule has 0 bridgehead atoms. The van der Waals surface area contributed by atoms with E-state index in [-0.39, 0.29) is 22.9 Å². The highest BCUT2D eigenvalue weighted by molar-refractivity contribution is 5.85. The minimum absolute atomic E-state index is 0.190. The fourth-order valence-electron chi connectivity index (χ4n) is 5.62. The van der Waals surface area contributed by atoms with Gasteiger partial charge in [0.15, 0.2) is 11.5 Å². The molecule has 4 rings (SSSR count). The average Bonchev–Trinajstić information content (AvgIpc) is 3.23. The van der Waals surface area contributed by atoms with Gasteiger partial charge in [0, 0.05) is 32.1 Å². The second kappa shape index (κ2) is 14.4. The van der Waals surface area contributed by atoms with E-state index in [4.69, 9.17) is 18.9 Å². The van der Waals surface area contributed by atoms with Gasteiger partial charge >= 0.3 is 0 Å². The summed E-state index contributed by atoms with van der Waals surface area (Å²) in [6.45, 7) is 7.93. The molecule has 1 heterocycles. The lowest BCUT2D eigenvalue weighted by molar-refractivity contribution is -0.121. The van der Waals surface area contributed by atoms with E-state index in [0.29, 0.717) is 42.2 Å². The normalized spacial score (nSPS) is 17.1. The molecule has 0 aromatic heterocycles. The first-order valence-corrected chi connectivity index (χ1v) is 14.4.